The minimum atomic E-state index is -0.289. The minimum Gasteiger partial charge on any atom is -0.494 e. The number of nitrogens with two attached hydrogens (primary N) is 1. The van der Waals surface area contributed by atoms with E-state index in [-0.39, 0.29) is 24.2 Å². The molecule has 0 saturated carbocycles. The Kier molecular flexibility index (Phi) is 6.06. The predicted molar refractivity (Wildman–Crippen MR) is 110 cm³/mol. The second-order valence-corrected chi connectivity index (χ2v) is 6.51. The van der Waals surface area contributed by atoms with Crippen molar-refractivity contribution >= 4 is 40.3 Å². The molecule has 0 aliphatic heterocycles. The number of carbonyl (C=O) groups excluding carboxylic acids is 1. The topological polar surface area (TPSA) is 102 Å². The van der Waals surface area contributed by atoms with Crippen LogP contribution in [0.1, 0.15) is 18.2 Å². The molecule has 7 nitrogen and oxygen atoms in total. The van der Waals surface area contributed by atoms with Gasteiger partial charge in [-0.05, 0) is 49.7 Å². The summed E-state index contributed by atoms with van der Waals surface area (Å²) in [5, 5.41) is 4.02. The fourth-order valence-corrected chi connectivity index (χ4v) is 2.79. The van der Waals surface area contributed by atoms with Crippen LogP contribution < -0.4 is 15.8 Å². The minimum absolute atomic E-state index is 0.0661. The van der Waals surface area contributed by atoms with Crippen molar-refractivity contribution in [2.45, 2.75) is 20.3 Å². The van der Waals surface area contributed by atoms with Gasteiger partial charge in [0.25, 0.3) is 5.95 Å². The van der Waals surface area contributed by atoms with Gasteiger partial charge < -0.3 is 10.5 Å². The van der Waals surface area contributed by atoms with Gasteiger partial charge in [-0.1, -0.05) is 23.7 Å². The molecule has 0 radical (unpaired) electrons. The summed E-state index contributed by atoms with van der Waals surface area (Å²) >= 11 is 5.84. The lowest BCUT2D eigenvalue weighted by molar-refractivity contribution is -0.119. The summed E-state index contributed by atoms with van der Waals surface area (Å²) in [6.07, 6.45) is 0.158. The molecule has 0 unspecified atom stereocenters. The monoisotopic (exact) mass is 397 g/mol. The van der Waals surface area contributed by atoms with E-state index >= 15 is 0 Å². The zero-order valence-corrected chi connectivity index (χ0v) is 16.3. The number of hydrogen-bond acceptors (Lipinski definition) is 5. The summed E-state index contributed by atoms with van der Waals surface area (Å²) in [6.45, 7) is 4.36. The van der Waals surface area contributed by atoms with E-state index in [1.54, 1.807) is 24.3 Å². The largest absolute Gasteiger partial charge is 0.494 e. The first-order chi connectivity index (χ1) is 13.4. The number of rotatable bonds is 5. The third kappa shape index (κ3) is 4.95. The Balaban J connectivity index is 1.74. The highest BCUT2D eigenvalue weighted by atomic mass is 35.5. The van der Waals surface area contributed by atoms with Crippen molar-refractivity contribution in [3.63, 3.8) is 0 Å². The first-order valence-corrected chi connectivity index (χ1v) is 9.12. The number of carbonyl (C=O) groups is 1. The lowest BCUT2D eigenvalue weighted by Gasteiger charge is -2.07. The van der Waals surface area contributed by atoms with Gasteiger partial charge in [0.2, 0.25) is 11.9 Å². The van der Waals surface area contributed by atoms with Crippen LogP contribution in [0.3, 0.4) is 0 Å². The van der Waals surface area contributed by atoms with E-state index in [0.29, 0.717) is 11.6 Å². The van der Waals surface area contributed by atoms with Gasteiger partial charge in [-0.3, -0.25) is 10.1 Å². The van der Waals surface area contributed by atoms with E-state index in [1.165, 1.54) is 0 Å². The molecule has 1 aromatic heterocycles. The quantitative estimate of drug-likeness (QED) is 0.508. The van der Waals surface area contributed by atoms with E-state index in [1.807, 2.05) is 32.0 Å². The molecule has 2 aromatic carbocycles. The average Bonchev–Trinajstić information content (AvgIpc) is 2.64. The number of aryl methyl sites for hydroxylation is 1. The molecular formula is C20H20ClN5O2. The van der Waals surface area contributed by atoms with Crippen molar-refractivity contribution in [2.75, 3.05) is 6.61 Å². The number of guanidine groups is 1. The molecule has 3 rings (SSSR count). The Morgan fingerprint density at radius 2 is 1.96 bits per heavy atom. The van der Waals surface area contributed by atoms with Crippen LogP contribution in [0, 0.1) is 6.92 Å². The summed E-state index contributed by atoms with van der Waals surface area (Å²) in [7, 11) is 0. The zero-order valence-electron chi connectivity index (χ0n) is 15.6. The molecule has 0 aliphatic rings. The van der Waals surface area contributed by atoms with Gasteiger partial charge in [0, 0.05) is 10.4 Å². The van der Waals surface area contributed by atoms with Crippen LogP contribution in [-0.4, -0.2) is 28.4 Å². The molecule has 3 aromatic rings. The predicted octanol–water partition coefficient (Wildman–Crippen LogP) is 3.30. The Hall–Kier alpha value is -3.19. The maximum atomic E-state index is 12.1. The number of halogens is 1. The lowest BCUT2D eigenvalue weighted by Crippen LogP contribution is -2.37. The lowest BCUT2D eigenvalue weighted by atomic mass is 10.1. The molecule has 1 heterocycles. The summed E-state index contributed by atoms with van der Waals surface area (Å²) < 4.78 is 5.50. The Morgan fingerprint density at radius 1 is 1.21 bits per heavy atom. The molecule has 0 bridgehead atoms. The molecule has 0 spiro atoms. The van der Waals surface area contributed by atoms with Crippen LogP contribution in [0.15, 0.2) is 47.5 Å². The maximum absolute atomic E-state index is 12.1. The number of benzene rings is 2. The molecule has 8 heteroatoms. The van der Waals surface area contributed by atoms with Crippen LogP contribution in [0.2, 0.25) is 5.02 Å². The number of ether oxygens (including phenoxy) is 1. The van der Waals surface area contributed by atoms with Gasteiger partial charge in [-0.2, -0.15) is 4.99 Å². The van der Waals surface area contributed by atoms with Crippen molar-refractivity contribution in [1.82, 2.24) is 15.3 Å². The fourth-order valence-electron chi connectivity index (χ4n) is 2.66. The van der Waals surface area contributed by atoms with E-state index in [0.717, 1.165) is 27.9 Å². The number of aliphatic imine (C=N–C) groups is 1. The van der Waals surface area contributed by atoms with Gasteiger partial charge in [0.05, 0.1) is 24.2 Å². The molecule has 0 fully saturated rings. The molecule has 0 saturated heterocycles. The zero-order chi connectivity index (χ0) is 20.1. The third-order valence-corrected chi connectivity index (χ3v) is 4.17. The van der Waals surface area contributed by atoms with Crippen LogP contribution >= 0.6 is 11.6 Å². The smallest absolute Gasteiger partial charge is 0.253 e. The van der Waals surface area contributed by atoms with Crippen molar-refractivity contribution in [3.05, 3.63) is 58.7 Å². The second-order valence-electron chi connectivity index (χ2n) is 6.07. The Labute approximate surface area is 167 Å². The average molecular weight is 398 g/mol. The summed E-state index contributed by atoms with van der Waals surface area (Å²) in [6, 6.07) is 12.6. The van der Waals surface area contributed by atoms with Gasteiger partial charge in [0.1, 0.15) is 5.75 Å². The first kappa shape index (κ1) is 19.6. The van der Waals surface area contributed by atoms with Crippen molar-refractivity contribution in [2.24, 2.45) is 10.7 Å². The highest BCUT2D eigenvalue weighted by Crippen LogP contribution is 2.23. The highest BCUT2D eigenvalue weighted by Gasteiger charge is 2.08. The first-order valence-electron chi connectivity index (χ1n) is 8.74. The molecule has 28 heavy (non-hydrogen) atoms. The van der Waals surface area contributed by atoms with Crippen LogP contribution in [-0.2, 0) is 11.2 Å². The molecule has 1 amide bonds. The second kappa shape index (κ2) is 8.67. The van der Waals surface area contributed by atoms with Crippen molar-refractivity contribution < 1.29 is 9.53 Å². The number of amides is 1. The van der Waals surface area contributed by atoms with E-state index in [9.17, 15) is 4.79 Å². The fraction of sp³-hybridized carbons (Fsp3) is 0.200. The molecule has 0 aliphatic carbocycles. The Bertz CT molecular complexity index is 1030. The summed E-state index contributed by atoms with van der Waals surface area (Å²) in [5.41, 5.74) is 8.12. The number of nitrogens with one attached hydrogen (secondary N) is 1. The van der Waals surface area contributed by atoms with Crippen molar-refractivity contribution in [3.8, 4) is 5.75 Å². The highest BCUT2D eigenvalue weighted by molar-refractivity contribution is 6.30. The SMILES string of the molecule is CCOc1ccc2nc(/N=C(\N)NC(=O)Cc3ccc(Cl)cc3)nc(C)c2c1. The van der Waals surface area contributed by atoms with Gasteiger partial charge in [0.15, 0.2) is 0 Å². The molecular weight excluding hydrogens is 378 g/mol. The normalized spacial score (nSPS) is 11.5. The number of fused-ring (bicyclic) bond motifs is 1. The van der Waals surface area contributed by atoms with E-state index in [4.69, 9.17) is 22.1 Å². The van der Waals surface area contributed by atoms with Crippen LogP contribution in [0.5, 0.6) is 5.75 Å². The van der Waals surface area contributed by atoms with Gasteiger partial charge in [-0.15, -0.1) is 0 Å². The van der Waals surface area contributed by atoms with Crippen LogP contribution in [0.4, 0.5) is 5.95 Å². The number of nitrogens with zero attached hydrogens (tertiary/aromatic N) is 3. The Morgan fingerprint density at radius 3 is 2.68 bits per heavy atom. The molecule has 144 valence electrons. The maximum Gasteiger partial charge on any atom is 0.253 e. The summed E-state index contributed by atoms with van der Waals surface area (Å²) in [4.78, 5) is 25.0. The molecule has 0 atom stereocenters. The van der Waals surface area contributed by atoms with Gasteiger partial charge >= 0.3 is 0 Å². The standard InChI is InChI=1S/C20H20ClN5O2/c1-3-28-15-8-9-17-16(11-15)12(2)23-20(24-17)26-19(22)25-18(27)10-13-4-6-14(21)7-5-13/h4-9,11H,3,10H2,1-2H3,(H3,22,23,24,25,26,27). The molecule has 3 N–H and O–H groups in total. The van der Waals surface area contributed by atoms with Crippen molar-refractivity contribution in [1.29, 1.82) is 0 Å². The van der Waals surface area contributed by atoms with Gasteiger partial charge in [-0.25, -0.2) is 9.97 Å². The number of hydrogen-bond donors (Lipinski definition) is 2. The third-order valence-electron chi connectivity index (χ3n) is 3.92. The van der Waals surface area contributed by atoms with E-state index < -0.39 is 0 Å². The van der Waals surface area contributed by atoms with E-state index in [2.05, 4.69) is 20.3 Å². The number of aromatic nitrogens is 2. The van der Waals surface area contributed by atoms with Crippen LogP contribution in [0.25, 0.3) is 10.9 Å². The summed E-state index contributed by atoms with van der Waals surface area (Å²) in [5.74, 6) is 0.580.